The summed E-state index contributed by atoms with van der Waals surface area (Å²) in [6.07, 6.45) is 2.97. The van der Waals surface area contributed by atoms with Crippen molar-refractivity contribution in [2.75, 3.05) is 0 Å². The van der Waals surface area contributed by atoms with E-state index < -0.39 is 0 Å². The molecule has 65 heavy (non-hydrogen) atoms. The number of fused-ring (bicyclic) bond motifs is 6. The predicted molar refractivity (Wildman–Crippen MR) is 272 cm³/mol. The van der Waals surface area contributed by atoms with Crippen molar-refractivity contribution in [3.05, 3.63) is 168 Å². The van der Waals surface area contributed by atoms with Gasteiger partial charge in [-0.3, -0.25) is 9.55 Å². The Morgan fingerprint density at radius 2 is 1.28 bits per heavy atom. The molecule has 0 unspecified atom stereocenters. The molecule has 0 amide bonds. The molecule has 0 spiro atoms. The van der Waals surface area contributed by atoms with Gasteiger partial charge in [0.1, 0.15) is 11.6 Å². The molecule has 0 saturated heterocycles. The van der Waals surface area contributed by atoms with Crippen LogP contribution in [-0.4, -0.2) is 19.6 Å². The van der Waals surface area contributed by atoms with E-state index in [4.69, 9.17) is 9.97 Å². The molecule has 4 nitrogen and oxygen atoms in total. The molecule has 328 valence electrons. The fraction of sp³-hybridized carbons (Fsp3) is 0.220. The molecule has 6 heteroatoms. The monoisotopic (exact) mass is 1050 g/mol. The average Bonchev–Trinajstić information content (AvgIpc) is 3.84. The second kappa shape index (κ2) is 16.5. The van der Waals surface area contributed by atoms with E-state index in [1.165, 1.54) is 37.4 Å². The van der Waals surface area contributed by atoms with Gasteiger partial charge in [-0.25, -0.2) is 4.98 Å². The van der Waals surface area contributed by atoms with Crippen LogP contribution in [-0.2, 0) is 38.3 Å². The van der Waals surface area contributed by atoms with Crippen LogP contribution in [0.25, 0.3) is 92.6 Å². The van der Waals surface area contributed by atoms with Gasteiger partial charge in [0.15, 0.2) is 0 Å². The number of imidazole rings is 1. The number of benzene rings is 7. The number of pyridine rings is 1. The third kappa shape index (κ3) is 8.23. The number of phenols is 1. The summed E-state index contributed by atoms with van der Waals surface area (Å²) < 4.78 is 4.69. The number of hydrogen-bond donors (Lipinski definition) is 1. The zero-order valence-corrected chi connectivity index (χ0v) is 41.7. The summed E-state index contributed by atoms with van der Waals surface area (Å²) in [5.74, 6) is 0.866. The molecule has 0 aliphatic heterocycles. The summed E-state index contributed by atoms with van der Waals surface area (Å²) in [4.78, 5) is 10.6. The average molecular weight is 1050 g/mol. The summed E-state index contributed by atoms with van der Waals surface area (Å²) in [7, 11) is 0. The molecule has 0 atom stereocenters. The Balaban J connectivity index is 0.00000533. The molecule has 0 radical (unpaired) electrons. The van der Waals surface area contributed by atoms with E-state index in [1.54, 1.807) is 0 Å². The van der Waals surface area contributed by atoms with Gasteiger partial charge in [-0.2, -0.15) is 0 Å². The van der Waals surface area contributed by atoms with Crippen molar-refractivity contribution in [3.63, 3.8) is 0 Å². The zero-order chi connectivity index (χ0) is 44.7. The maximum atomic E-state index is 11.7. The Morgan fingerprint density at radius 3 is 2.02 bits per heavy atom. The van der Waals surface area contributed by atoms with Gasteiger partial charge in [0.2, 0.25) is 0 Å². The van der Waals surface area contributed by atoms with Gasteiger partial charge in [-0.15, -0.1) is 41.2 Å². The Morgan fingerprint density at radius 1 is 0.600 bits per heavy atom. The summed E-state index contributed by atoms with van der Waals surface area (Å²) in [6, 6.07) is 53.6. The first-order valence-electron chi connectivity index (χ1n) is 22.3. The molecule has 1 N–H and O–H groups in total. The minimum Gasteiger partial charge on any atom is -0.507 e. The predicted octanol–water partition coefficient (Wildman–Crippen LogP) is 16.3. The van der Waals surface area contributed by atoms with Gasteiger partial charge in [-0.1, -0.05) is 158 Å². The summed E-state index contributed by atoms with van der Waals surface area (Å²) in [5.41, 5.74) is 13.1. The van der Waals surface area contributed by atoms with Crippen molar-refractivity contribution in [3.8, 4) is 56.3 Å². The van der Waals surface area contributed by atoms with Gasteiger partial charge in [0, 0.05) is 53.3 Å². The molecule has 3 aromatic heterocycles. The summed E-state index contributed by atoms with van der Waals surface area (Å²) in [6.45, 7) is 20.2. The first-order valence-corrected chi connectivity index (χ1v) is 23.2. The second-order valence-corrected chi connectivity index (χ2v) is 21.6. The van der Waals surface area contributed by atoms with Crippen LogP contribution in [0.3, 0.4) is 0 Å². The van der Waals surface area contributed by atoms with Crippen LogP contribution in [0.1, 0.15) is 79.0 Å². The van der Waals surface area contributed by atoms with Crippen molar-refractivity contribution in [2.45, 2.75) is 79.6 Å². The van der Waals surface area contributed by atoms with E-state index in [0.717, 1.165) is 66.9 Å². The van der Waals surface area contributed by atoms with E-state index >= 15 is 0 Å². The summed E-state index contributed by atoms with van der Waals surface area (Å²) in [5, 5.41) is 16.7. The molecule has 7 aromatic carbocycles. The molecule has 10 rings (SSSR count). The van der Waals surface area contributed by atoms with Crippen LogP contribution in [0.15, 0.2) is 146 Å². The van der Waals surface area contributed by atoms with Gasteiger partial charge in [-0.05, 0) is 97.5 Å². The first-order chi connectivity index (χ1) is 30.5. The molecule has 0 aliphatic carbocycles. The van der Waals surface area contributed by atoms with Crippen LogP contribution >= 0.6 is 11.3 Å². The van der Waals surface area contributed by atoms with E-state index in [-0.39, 0.29) is 43.1 Å². The number of phenolic OH excluding ortho intramolecular Hbond substituents is 1. The van der Waals surface area contributed by atoms with Gasteiger partial charge >= 0.3 is 0 Å². The molecule has 0 fully saturated rings. The fourth-order valence-corrected chi connectivity index (χ4v) is 10.5. The van der Waals surface area contributed by atoms with Crippen LogP contribution < -0.4 is 0 Å². The van der Waals surface area contributed by atoms with Crippen molar-refractivity contribution in [2.24, 2.45) is 5.41 Å². The van der Waals surface area contributed by atoms with Gasteiger partial charge < -0.3 is 5.11 Å². The number of aromatic hydroxyl groups is 1. The Kier molecular flexibility index (Phi) is 11.3. The topological polar surface area (TPSA) is 50.9 Å². The van der Waals surface area contributed by atoms with Crippen LogP contribution in [0.5, 0.6) is 5.75 Å². The van der Waals surface area contributed by atoms with E-state index in [9.17, 15) is 5.11 Å². The smallest absolute Gasteiger partial charge is 0.148 e. The molecule has 0 bridgehead atoms. The van der Waals surface area contributed by atoms with Crippen LogP contribution in [0.4, 0.5) is 0 Å². The minimum absolute atomic E-state index is 0. The minimum atomic E-state index is -0.141. The number of thiophene rings is 1. The number of hydrogen-bond acceptors (Lipinski definition) is 4. The van der Waals surface area contributed by atoms with Crippen LogP contribution in [0, 0.1) is 11.5 Å². The van der Waals surface area contributed by atoms with Crippen molar-refractivity contribution in [1.29, 1.82) is 0 Å². The standard InChI is InChI=1S/C59H54N3OS.Pt/c1-57(2,3)35-36-21-25-44-39(31-36)22-26-45-46-29-30-60-52(55(46)64-54(44)45)40-18-13-17-38(32-40)43-19-14-20-50-53(43)61-56(48-34-42(59(7,8)9)24-28-51(48)63)62(50)49-27-23-41(58(4,5)6)33-47(49)37-15-11-10-12-16-37;/h10-31,33-34,63H,35H2,1-9H3;/q-1;. The third-order valence-electron chi connectivity index (χ3n) is 12.5. The number of para-hydroxylation sites is 1. The molecule has 3 heterocycles. The van der Waals surface area contributed by atoms with Crippen molar-refractivity contribution < 1.29 is 26.2 Å². The summed E-state index contributed by atoms with van der Waals surface area (Å²) >= 11 is 1.82. The molecular formula is C59H54N3OPtS-. The van der Waals surface area contributed by atoms with Crippen LogP contribution in [0.2, 0.25) is 0 Å². The van der Waals surface area contributed by atoms with Gasteiger partial charge in [0.05, 0.1) is 22.3 Å². The second-order valence-electron chi connectivity index (χ2n) is 20.6. The fourth-order valence-electron chi connectivity index (χ4n) is 9.19. The zero-order valence-electron chi connectivity index (χ0n) is 38.6. The Hall–Kier alpha value is -5.87. The number of rotatable bonds is 6. The molecule has 10 aromatic rings. The van der Waals surface area contributed by atoms with Crippen molar-refractivity contribution in [1.82, 2.24) is 14.5 Å². The molecule has 0 saturated carbocycles. The normalized spacial score (nSPS) is 12.4. The Labute approximate surface area is 401 Å². The maximum absolute atomic E-state index is 11.7. The molecular weight excluding hydrogens is 994 g/mol. The Bertz CT molecular complexity index is 3430. The van der Waals surface area contributed by atoms with Crippen molar-refractivity contribution >= 4 is 53.3 Å². The van der Waals surface area contributed by atoms with E-state index in [2.05, 4.69) is 200 Å². The largest absolute Gasteiger partial charge is 0.507 e. The van der Waals surface area contributed by atoms with Gasteiger partial charge in [0.25, 0.3) is 0 Å². The SMILES string of the molecule is CC(C)(C)Cc1ccc2c(ccc3c4ccnc(-c5[c-]c(-c6cccc7c6nc(-c6cc(C(C)(C)C)ccc6O)n7-c6ccc(C(C)(C)C)cc6-c6ccccc6)ccc5)c4sc23)c1.[Pt]. The maximum Gasteiger partial charge on any atom is 0.148 e. The van der Waals surface area contributed by atoms with E-state index in [1.807, 2.05) is 29.7 Å². The number of nitrogens with zero attached hydrogens (tertiary/aromatic N) is 3. The number of aromatic nitrogens is 3. The third-order valence-corrected chi connectivity index (χ3v) is 13.7. The first kappa shape index (κ1) is 44.3. The van der Waals surface area contributed by atoms with E-state index in [0.29, 0.717) is 11.4 Å². The quantitative estimate of drug-likeness (QED) is 0.169. The molecule has 0 aliphatic rings.